The van der Waals surface area contributed by atoms with Crippen molar-refractivity contribution in [1.29, 1.82) is 0 Å². The highest BCUT2D eigenvalue weighted by Crippen LogP contribution is 2.14. The molecule has 2 unspecified atom stereocenters. The first-order chi connectivity index (χ1) is 8.17. The molecule has 0 saturated carbocycles. The SMILES string of the molecule is CCN(CC)CCCC(C)N1CCCC(N)C1. The molecule has 1 aliphatic heterocycles. The molecule has 0 bridgehead atoms. The summed E-state index contributed by atoms with van der Waals surface area (Å²) >= 11 is 0. The van der Waals surface area contributed by atoms with Crippen molar-refractivity contribution in [3.8, 4) is 0 Å². The van der Waals surface area contributed by atoms with Gasteiger partial charge in [-0.05, 0) is 58.8 Å². The van der Waals surface area contributed by atoms with E-state index in [-0.39, 0.29) is 0 Å². The fourth-order valence-electron chi connectivity index (χ4n) is 2.77. The Morgan fingerprint density at radius 3 is 2.65 bits per heavy atom. The summed E-state index contributed by atoms with van der Waals surface area (Å²) in [5.74, 6) is 0. The lowest BCUT2D eigenvalue weighted by Crippen LogP contribution is -2.46. The maximum Gasteiger partial charge on any atom is 0.0168 e. The molecule has 0 aliphatic carbocycles. The molecule has 0 aromatic rings. The van der Waals surface area contributed by atoms with Crippen molar-refractivity contribution in [2.75, 3.05) is 32.7 Å². The van der Waals surface area contributed by atoms with Gasteiger partial charge in [0.2, 0.25) is 0 Å². The highest BCUT2D eigenvalue weighted by molar-refractivity contribution is 4.78. The summed E-state index contributed by atoms with van der Waals surface area (Å²) in [6, 6.07) is 1.12. The van der Waals surface area contributed by atoms with Gasteiger partial charge in [0, 0.05) is 18.6 Å². The van der Waals surface area contributed by atoms with Crippen LogP contribution in [0.1, 0.15) is 46.5 Å². The third-order valence-corrected chi connectivity index (χ3v) is 4.10. The molecule has 0 spiro atoms. The van der Waals surface area contributed by atoms with E-state index in [1.165, 1.54) is 51.9 Å². The van der Waals surface area contributed by atoms with Gasteiger partial charge in [-0.1, -0.05) is 13.8 Å². The standard InChI is InChI=1S/C14H31N3/c1-4-16(5-2)10-6-8-13(3)17-11-7-9-14(15)12-17/h13-14H,4-12,15H2,1-3H3. The number of nitrogens with zero attached hydrogens (tertiary/aromatic N) is 2. The zero-order valence-electron chi connectivity index (χ0n) is 12.0. The number of hydrogen-bond donors (Lipinski definition) is 1. The van der Waals surface area contributed by atoms with Crippen molar-refractivity contribution in [1.82, 2.24) is 9.80 Å². The largest absolute Gasteiger partial charge is 0.327 e. The molecule has 1 fully saturated rings. The van der Waals surface area contributed by atoms with E-state index >= 15 is 0 Å². The summed E-state index contributed by atoms with van der Waals surface area (Å²) in [5, 5.41) is 0. The third kappa shape index (κ3) is 5.36. The molecule has 0 radical (unpaired) electrons. The van der Waals surface area contributed by atoms with E-state index in [1.54, 1.807) is 0 Å². The third-order valence-electron chi connectivity index (χ3n) is 4.10. The van der Waals surface area contributed by atoms with Crippen molar-refractivity contribution in [3.63, 3.8) is 0 Å². The van der Waals surface area contributed by atoms with Gasteiger partial charge in [-0.15, -0.1) is 0 Å². The Bertz CT molecular complexity index is 192. The van der Waals surface area contributed by atoms with Gasteiger partial charge < -0.3 is 10.6 Å². The first kappa shape index (κ1) is 14.9. The first-order valence-corrected chi connectivity index (χ1v) is 7.39. The molecule has 0 aromatic heterocycles. The van der Waals surface area contributed by atoms with Crippen molar-refractivity contribution in [2.24, 2.45) is 5.73 Å². The lowest BCUT2D eigenvalue weighted by molar-refractivity contribution is 0.147. The Labute approximate surface area is 107 Å². The van der Waals surface area contributed by atoms with Gasteiger partial charge >= 0.3 is 0 Å². The van der Waals surface area contributed by atoms with E-state index < -0.39 is 0 Å². The number of hydrogen-bond acceptors (Lipinski definition) is 3. The molecule has 3 heteroatoms. The van der Waals surface area contributed by atoms with Gasteiger partial charge in [-0.3, -0.25) is 4.90 Å². The van der Waals surface area contributed by atoms with Crippen LogP contribution >= 0.6 is 0 Å². The molecule has 1 aliphatic rings. The predicted octanol–water partition coefficient (Wildman–Crippen LogP) is 1.92. The monoisotopic (exact) mass is 241 g/mol. The van der Waals surface area contributed by atoms with Crippen LogP contribution in [-0.4, -0.2) is 54.6 Å². The minimum absolute atomic E-state index is 0.411. The van der Waals surface area contributed by atoms with Crippen LogP contribution in [0.5, 0.6) is 0 Å². The van der Waals surface area contributed by atoms with Crippen molar-refractivity contribution in [2.45, 2.75) is 58.5 Å². The summed E-state index contributed by atoms with van der Waals surface area (Å²) in [7, 11) is 0. The van der Waals surface area contributed by atoms with Crippen LogP contribution in [0.25, 0.3) is 0 Å². The van der Waals surface area contributed by atoms with Gasteiger partial charge in [0.1, 0.15) is 0 Å². The van der Waals surface area contributed by atoms with E-state index in [9.17, 15) is 0 Å². The van der Waals surface area contributed by atoms with E-state index in [4.69, 9.17) is 5.73 Å². The van der Waals surface area contributed by atoms with Crippen LogP contribution in [0.15, 0.2) is 0 Å². The number of nitrogens with two attached hydrogens (primary N) is 1. The molecule has 1 rings (SSSR count). The van der Waals surface area contributed by atoms with Crippen LogP contribution in [0.3, 0.4) is 0 Å². The molecule has 0 amide bonds. The molecule has 2 N–H and O–H groups in total. The van der Waals surface area contributed by atoms with Crippen LogP contribution in [-0.2, 0) is 0 Å². The fraction of sp³-hybridized carbons (Fsp3) is 1.00. The Balaban J connectivity index is 2.17. The van der Waals surface area contributed by atoms with Crippen LogP contribution in [0.4, 0.5) is 0 Å². The Morgan fingerprint density at radius 1 is 1.35 bits per heavy atom. The quantitative estimate of drug-likeness (QED) is 0.739. The molecule has 2 atom stereocenters. The smallest absolute Gasteiger partial charge is 0.0168 e. The van der Waals surface area contributed by atoms with Crippen LogP contribution in [0.2, 0.25) is 0 Å². The average Bonchev–Trinajstić information content (AvgIpc) is 2.34. The average molecular weight is 241 g/mol. The van der Waals surface area contributed by atoms with Crippen molar-refractivity contribution < 1.29 is 0 Å². The second-order valence-electron chi connectivity index (χ2n) is 5.42. The number of piperidine rings is 1. The first-order valence-electron chi connectivity index (χ1n) is 7.39. The molecule has 17 heavy (non-hydrogen) atoms. The normalized spacial score (nSPS) is 24.2. The molecule has 102 valence electrons. The lowest BCUT2D eigenvalue weighted by Gasteiger charge is -2.35. The van der Waals surface area contributed by atoms with E-state index in [0.717, 1.165) is 6.54 Å². The second-order valence-corrected chi connectivity index (χ2v) is 5.42. The molecule has 0 aromatic carbocycles. The zero-order valence-corrected chi connectivity index (χ0v) is 12.0. The van der Waals surface area contributed by atoms with Crippen LogP contribution in [0, 0.1) is 0 Å². The van der Waals surface area contributed by atoms with E-state index in [0.29, 0.717) is 12.1 Å². The highest BCUT2D eigenvalue weighted by Gasteiger charge is 2.20. The van der Waals surface area contributed by atoms with Crippen LogP contribution < -0.4 is 5.73 Å². The Morgan fingerprint density at radius 2 is 2.06 bits per heavy atom. The number of rotatable bonds is 7. The van der Waals surface area contributed by atoms with E-state index in [2.05, 4.69) is 30.6 Å². The summed E-state index contributed by atoms with van der Waals surface area (Å²) in [6.45, 7) is 12.8. The molecule has 1 saturated heterocycles. The zero-order chi connectivity index (χ0) is 12.7. The molecule has 1 heterocycles. The summed E-state index contributed by atoms with van der Waals surface area (Å²) in [5.41, 5.74) is 6.03. The Hall–Kier alpha value is -0.120. The summed E-state index contributed by atoms with van der Waals surface area (Å²) in [4.78, 5) is 5.09. The fourth-order valence-corrected chi connectivity index (χ4v) is 2.77. The summed E-state index contributed by atoms with van der Waals surface area (Å²) in [6.07, 6.45) is 5.11. The molecular weight excluding hydrogens is 210 g/mol. The number of likely N-dealkylation sites (tertiary alicyclic amines) is 1. The van der Waals surface area contributed by atoms with E-state index in [1.807, 2.05) is 0 Å². The summed E-state index contributed by atoms with van der Waals surface area (Å²) < 4.78 is 0. The highest BCUT2D eigenvalue weighted by atomic mass is 15.2. The van der Waals surface area contributed by atoms with Gasteiger partial charge in [0.05, 0.1) is 0 Å². The molecular formula is C14H31N3. The Kier molecular flexibility index (Phi) is 7.09. The molecule has 3 nitrogen and oxygen atoms in total. The van der Waals surface area contributed by atoms with Crippen molar-refractivity contribution in [3.05, 3.63) is 0 Å². The van der Waals surface area contributed by atoms with Gasteiger partial charge in [0.25, 0.3) is 0 Å². The minimum atomic E-state index is 0.411. The maximum absolute atomic E-state index is 6.03. The lowest BCUT2D eigenvalue weighted by atomic mass is 10.0. The topological polar surface area (TPSA) is 32.5 Å². The minimum Gasteiger partial charge on any atom is -0.327 e. The second kappa shape index (κ2) is 8.06. The van der Waals surface area contributed by atoms with Crippen molar-refractivity contribution >= 4 is 0 Å². The maximum atomic E-state index is 6.03. The predicted molar refractivity (Wildman–Crippen MR) is 75.3 cm³/mol. The van der Waals surface area contributed by atoms with Gasteiger partial charge in [-0.25, -0.2) is 0 Å². The van der Waals surface area contributed by atoms with Gasteiger partial charge in [0.15, 0.2) is 0 Å². The van der Waals surface area contributed by atoms with Gasteiger partial charge in [-0.2, -0.15) is 0 Å².